The summed E-state index contributed by atoms with van der Waals surface area (Å²) in [5.74, 6) is -0.150. The lowest BCUT2D eigenvalue weighted by Gasteiger charge is -2.38. The number of likely N-dealkylation sites (tertiary alicyclic amines) is 1. The van der Waals surface area contributed by atoms with Gasteiger partial charge in [0, 0.05) is 40.6 Å². The fraction of sp³-hybridized carbons (Fsp3) is 0.280. The number of nitrogens with zero attached hydrogens (tertiary/aromatic N) is 3. The normalized spacial score (nSPS) is 18.4. The molecule has 1 fully saturated rings. The topological polar surface area (TPSA) is 111 Å². The van der Waals surface area contributed by atoms with Crippen LogP contribution in [0.5, 0.6) is 5.75 Å². The Morgan fingerprint density at radius 1 is 1.21 bits per heavy atom. The number of phenols is 1. The highest BCUT2D eigenvalue weighted by Gasteiger charge is 2.30. The van der Waals surface area contributed by atoms with Crippen LogP contribution in [0.2, 0.25) is 0 Å². The smallest absolute Gasteiger partial charge is 0.272 e. The number of nitrogens with one attached hydrogen (secondary N) is 2. The number of phenolic OH excluding ortho intramolecular Hbond substituents is 1. The van der Waals surface area contributed by atoms with Crippen molar-refractivity contribution in [3.63, 3.8) is 0 Å². The fourth-order valence-corrected chi connectivity index (χ4v) is 4.89. The highest BCUT2D eigenvalue weighted by Crippen LogP contribution is 2.26. The highest BCUT2D eigenvalue weighted by atomic mass is 79.9. The molecule has 2 amide bonds. The van der Waals surface area contributed by atoms with Crippen LogP contribution in [0.3, 0.4) is 0 Å². The van der Waals surface area contributed by atoms with Gasteiger partial charge in [-0.3, -0.25) is 19.7 Å². The molecule has 2 unspecified atom stereocenters. The van der Waals surface area contributed by atoms with Crippen LogP contribution in [-0.4, -0.2) is 56.1 Å². The molecule has 1 aliphatic rings. The van der Waals surface area contributed by atoms with Gasteiger partial charge in [0.1, 0.15) is 5.75 Å². The number of rotatable bonds is 4. The van der Waals surface area contributed by atoms with Gasteiger partial charge in [-0.1, -0.05) is 15.9 Å². The largest absolute Gasteiger partial charge is 0.508 e. The standard InChI is InChI=1S/C25H24BrN5O3/c1-14-2-3-15(11-28-24(33)23-20-10-19(32)5-7-22(20)29-30-23)13-31(14)25(34)17-8-16-9-18(26)4-6-21(16)27-12-17/h4-10,12,14-15,32H,2-3,11,13H2,1H3,(H,28,33)(H,29,30). The van der Waals surface area contributed by atoms with Crippen LogP contribution in [0.25, 0.3) is 21.8 Å². The van der Waals surface area contributed by atoms with Crippen LogP contribution < -0.4 is 5.32 Å². The Balaban J connectivity index is 1.27. The second kappa shape index (κ2) is 9.06. The minimum absolute atomic E-state index is 0.0494. The van der Waals surface area contributed by atoms with E-state index in [2.05, 4.69) is 43.4 Å². The molecule has 34 heavy (non-hydrogen) atoms. The van der Waals surface area contributed by atoms with Crippen molar-refractivity contribution in [1.29, 1.82) is 0 Å². The van der Waals surface area contributed by atoms with Gasteiger partial charge in [-0.05, 0) is 68.1 Å². The first kappa shape index (κ1) is 22.3. The Hall–Kier alpha value is -3.46. The second-order valence-electron chi connectivity index (χ2n) is 8.82. The molecule has 0 radical (unpaired) electrons. The number of halogens is 1. The molecule has 1 saturated heterocycles. The van der Waals surface area contributed by atoms with E-state index in [9.17, 15) is 14.7 Å². The van der Waals surface area contributed by atoms with Crippen LogP contribution >= 0.6 is 15.9 Å². The Labute approximate surface area is 204 Å². The molecule has 0 spiro atoms. The molecule has 0 saturated carbocycles. The van der Waals surface area contributed by atoms with Gasteiger partial charge in [-0.25, -0.2) is 0 Å². The SMILES string of the molecule is CC1CCC(CNC(=O)c2n[nH]c3ccc(O)cc23)CN1C(=O)c1cnc2ccc(Br)cc2c1. The maximum absolute atomic E-state index is 13.3. The van der Waals surface area contributed by atoms with Crippen molar-refractivity contribution in [2.75, 3.05) is 13.1 Å². The lowest BCUT2D eigenvalue weighted by molar-refractivity contribution is 0.0558. The van der Waals surface area contributed by atoms with Crippen molar-refractivity contribution < 1.29 is 14.7 Å². The molecule has 8 nitrogen and oxygen atoms in total. The number of aromatic nitrogens is 3. The van der Waals surface area contributed by atoms with Crippen LogP contribution in [0, 0.1) is 5.92 Å². The van der Waals surface area contributed by atoms with Gasteiger partial charge in [0.2, 0.25) is 0 Å². The molecule has 3 heterocycles. The van der Waals surface area contributed by atoms with Gasteiger partial charge in [0.15, 0.2) is 5.69 Å². The fourth-order valence-electron chi connectivity index (χ4n) is 4.51. The summed E-state index contributed by atoms with van der Waals surface area (Å²) in [4.78, 5) is 32.4. The maximum Gasteiger partial charge on any atom is 0.272 e. The minimum Gasteiger partial charge on any atom is -0.508 e. The number of carbonyl (C=O) groups is 2. The molecular formula is C25H24BrN5O3. The number of pyridine rings is 1. The summed E-state index contributed by atoms with van der Waals surface area (Å²) in [7, 11) is 0. The molecule has 0 aliphatic carbocycles. The summed E-state index contributed by atoms with van der Waals surface area (Å²) >= 11 is 3.47. The predicted molar refractivity (Wildman–Crippen MR) is 133 cm³/mol. The zero-order valence-electron chi connectivity index (χ0n) is 18.6. The number of amides is 2. The molecule has 4 aromatic rings. The van der Waals surface area contributed by atoms with Crippen molar-refractivity contribution >= 4 is 49.6 Å². The Bertz CT molecular complexity index is 1400. The van der Waals surface area contributed by atoms with Gasteiger partial charge in [0.05, 0.1) is 16.6 Å². The Morgan fingerprint density at radius 2 is 2.06 bits per heavy atom. The van der Waals surface area contributed by atoms with Gasteiger partial charge < -0.3 is 15.3 Å². The van der Waals surface area contributed by atoms with Crippen LogP contribution in [0.4, 0.5) is 0 Å². The zero-order chi connectivity index (χ0) is 23.8. The van der Waals surface area contributed by atoms with Crippen molar-refractivity contribution in [2.24, 2.45) is 5.92 Å². The third-order valence-electron chi connectivity index (χ3n) is 6.44. The quantitative estimate of drug-likeness (QED) is 0.371. The number of hydrogen-bond donors (Lipinski definition) is 3. The van der Waals surface area contributed by atoms with E-state index in [0.29, 0.717) is 29.6 Å². The second-order valence-corrected chi connectivity index (χ2v) is 9.74. The Kier molecular flexibility index (Phi) is 5.95. The number of H-pyrrole nitrogens is 1. The zero-order valence-corrected chi connectivity index (χ0v) is 20.2. The molecule has 5 rings (SSSR count). The van der Waals surface area contributed by atoms with E-state index in [0.717, 1.165) is 28.2 Å². The van der Waals surface area contributed by atoms with Crippen molar-refractivity contribution in [1.82, 2.24) is 25.4 Å². The van der Waals surface area contributed by atoms with E-state index in [1.165, 1.54) is 6.07 Å². The first-order valence-corrected chi connectivity index (χ1v) is 12.0. The summed E-state index contributed by atoms with van der Waals surface area (Å²) in [6.45, 7) is 3.05. The summed E-state index contributed by atoms with van der Waals surface area (Å²) in [5.41, 5.74) is 2.33. The summed E-state index contributed by atoms with van der Waals surface area (Å²) in [6, 6.07) is 12.5. The Morgan fingerprint density at radius 3 is 2.91 bits per heavy atom. The first-order valence-electron chi connectivity index (χ1n) is 11.2. The van der Waals surface area contributed by atoms with Crippen molar-refractivity contribution in [3.05, 3.63) is 64.4 Å². The predicted octanol–water partition coefficient (Wildman–Crippen LogP) is 4.25. The number of benzene rings is 2. The number of hydrogen-bond acceptors (Lipinski definition) is 5. The van der Waals surface area contributed by atoms with Crippen LogP contribution in [0.15, 0.2) is 53.1 Å². The first-order chi connectivity index (χ1) is 16.4. The summed E-state index contributed by atoms with van der Waals surface area (Å²) in [6.07, 6.45) is 3.41. The number of fused-ring (bicyclic) bond motifs is 2. The van der Waals surface area contributed by atoms with Crippen LogP contribution in [-0.2, 0) is 0 Å². The average Bonchev–Trinajstić information content (AvgIpc) is 3.25. The van der Waals surface area contributed by atoms with Gasteiger partial charge in [-0.15, -0.1) is 0 Å². The number of aromatic amines is 1. The van der Waals surface area contributed by atoms with Gasteiger partial charge in [-0.2, -0.15) is 5.10 Å². The van der Waals surface area contributed by atoms with E-state index < -0.39 is 0 Å². The van der Waals surface area contributed by atoms with E-state index in [1.54, 1.807) is 18.3 Å². The van der Waals surface area contributed by atoms with Crippen LogP contribution in [0.1, 0.15) is 40.6 Å². The lowest BCUT2D eigenvalue weighted by atomic mass is 9.92. The van der Waals surface area contributed by atoms with E-state index >= 15 is 0 Å². The van der Waals surface area contributed by atoms with Crippen molar-refractivity contribution in [2.45, 2.75) is 25.8 Å². The van der Waals surface area contributed by atoms with E-state index in [4.69, 9.17) is 0 Å². The molecule has 0 bridgehead atoms. The number of carbonyl (C=O) groups excluding carboxylic acids is 2. The molecule has 2 atom stereocenters. The average molecular weight is 522 g/mol. The molecule has 174 valence electrons. The highest BCUT2D eigenvalue weighted by molar-refractivity contribution is 9.10. The molecule has 9 heteroatoms. The minimum atomic E-state index is -0.308. The number of piperidine rings is 1. The summed E-state index contributed by atoms with van der Waals surface area (Å²) < 4.78 is 0.938. The molecule has 2 aromatic carbocycles. The van der Waals surface area contributed by atoms with Gasteiger partial charge in [0.25, 0.3) is 11.8 Å². The molecular weight excluding hydrogens is 498 g/mol. The maximum atomic E-state index is 13.3. The van der Waals surface area contributed by atoms with E-state index in [1.807, 2.05) is 29.2 Å². The monoisotopic (exact) mass is 521 g/mol. The summed E-state index contributed by atoms with van der Waals surface area (Å²) in [5, 5.41) is 21.1. The lowest BCUT2D eigenvalue weighted by Crippen LogP contribution is -2.48. The molecule has 2 aromatic heterocycles. The molecule has 1 aliphatic heterocycles. The van der Waals surface area contributed by atoms with Crippen molar-refractivity contribution in [3.8, 4) is 5.75 Å². The number of aromatic hydroxyl groups is 1. The van der Waals surface area contributed by atoms with Gasteiger partial charge >= 0.3 is 0 Å². The molecule has 3 N–H and O–H groups in total. The van der Waals surface area contributed by atoms with E-state index in [-0.39, 0.29) is 35.2 Å². The third-order valence-corrected chi connectivity index (χ3v) is 6.94. The third kappa shape index (κ3) is 4.35.